The summed E-state index contributed by atoms with van der Waals surface area (Å²) >= 11 is 0. The average molecular weight is 273 g/mol. The summed E-state index contributed by atoms with van der Waals surface area (Å²) in [5.41, 5.74) is 10.9. The Hall–Kier alpha value is -1.92. The summed E-state index contributed by atoms with van der Waals surface area (Å²) in [5.74, 6) is -0.0424. The van der Waals surface area contributed by atoms with E-state index in [0.717, 1.165) is 30.3 Å². The second kappa shape index (κ2) is 5.60. The minimum Gasteiger partial charge on any atom is -0.271 e. The molecular weight excluding hydrogens is 254 g/mol. The van der Waals surface area contributed by atoms with Crippen molar-refractivity contribution in [3.8, 4) is 0 Å². The molecule has 1 amide bonds. The fraction of sp³-hybridized carbons (Fsp3) is 0.429. The minimum atomic E-state index is -0.201. The summed E-state index contributed by atoms with van der Waals surface area (Å²) in [6, 6.07) is 7.88. The van der Waals surface area contributed by atoms with Crippen molar-refractivity contribution in [1.82, 2.24) is 20.5 Å². The van der Waals surface area contributed by atoms with Gasteiger partial charge in [-0.15, -0.1) is 0 Å². The molecule has 6 heteroatoms. The maximum absolute atomic E-state index is 12.2. The van der Waals surface area contributed by atoms with Gasteiger partial charge in [0.1, 0.15) is 12.4 Å². The molecule has 3 N–H and O–H groups in total. The number of nitrogens with zero attached hydrogens (tertiary/aromatic N) is 2. The van der Waals surface area contributed by atoms with Crippen molar-refractivity contribution < 1.29 is 4.79 Å². The molecule has 6 nitrogen and oxygen atoms in total. The van der Waals surface area contributed by atoms with E-state index in [0.29, 0.717) is 6.04 Å². The van der Waals surface area contributed by atoms with Gasteiger partial charge >= 0.3 is 0 Å². The van der Waals surface area contributed by atoms with E-state index in [1.54, 1.807) is 11.0 Å². The second-order valence-electron chi connectivity index (χ2n) is 5.14. The number of carbonyl (C=O) groups is 1. The number of hydrogen-bond acceptors (Lipinski definition) is 4. The number of hydrazine groups is 1. The van der Waals surface area contributed by atoms with Crippen LogP contribution in [0.3, 0.4) is 0 Å². The Morgan fingerprint density at radius 1 is 1.45 bits per heavy atom. The normalized spacial score (nSPS) is 22.2. The Morgan fingerprint density at radius 3 is 3.15 bits per heavy atom. The maximum Gasteiger partial charge on any atom is 0.257 e. The fourth-order valence-electron chi connectivity index (χ4n) is 2.58. The van der Waals surface area contributed by atoms with Crippen molar-refractivity contribution >= 4 is 16.9 Å². The van der Waals surface area contributed by atoms with E-state index >= 15 is 0 Å². The zero-order chi connectivity index (χ0) is 13.9. The molecule has 1 aromatic heterocycles. The number of carbonyl (C=O) groups excluding carboxylic acids is 1. The number of nitrogens with one attached hydrogen (secondary N) is 3. The van der Waals surface area contributed by atoms with Gasteiger partial charge in [0.25, 0.3) is 5.91 Å². The summed E-state index contributed by atoms with van der Waals surface area (Å²) in [6.45, 7) is 2.15. The lowest BCUT2D eigenvalue weighted by Crippen LogP contribution is -2.42. The van der Waals surface area contributed by atoms with Gasteiger partial charge in [0.05, 0.1) is 11.0 Å². The Balaban J connectivity index is 1.67. The molecule has 106 valence electrons. The Morgan fingerprint density at radius 2 is 2.30 bits per heavy atom. The molecule has 1 saturated heterocycles. The van der Waals surface area contributed by atoms with E-state index in [-0.39, 0.29) is 11.9 Å². The van der Waals surface area contributed by atoms with Crippen molar-refractivity contribution in [3.05, 3.63) is 30.6 Å². The smallest absolute Gasteiger partial charge is 0.257 e. The molecule has 0 spiro atoms. The van der Waals surface area contributed by atoms with Crippen molar-refractivity contribution in [3.63, 3.8) is 0 Å². The van der Waals surface area contributed by atoms with Gasteiger partial charge in [0.15, 0.2) is 0 Å². The maximum atomic E-state index is 12.2. The number of fused-ring (bicyclic) bond motifs is 1. The molecule has 20 heavy (non-hydrogen) atoms. The van der Waals surface area contributed by atoms with E-state index in [1.165, 1.54) is 0 Å². The topological polar surface area (TPSA) is 71.0 Å². The monoisotopic (exact) mass is 273 g/mol. The number of para-hydroxylation sites is 2. The van der Waals surface area contributed by atoms with Gasteiger partial charge in [-0.05, 0) is 25.0 Å². The number of hydrogen-bond donors (Lipinski definition) is 3. The van der Waals surface area contributed by atoms with Gasteiger partial charge in [-0.1, -0.05) is 25.5 Å². The quantitative estimate of drug-likeness (QED) is 0.781. The van der Waals surface area contributed by atoms with E-state index in [2.05, 4.69) is 28.2 Å². The van der Waals surface area contributed by atoms with E-state index in [1.807, 2.05) is 24.3 Å². The van der Waals surface area contributed by atoms with Crippen LogP contribution in [0.4, 0.5) is 0 Å². The second-order valence-corrected chi connectivity index (χ2v) is 5.14. The number of amides is 1. The first kappa shape index (κ1) is 13.1. The van der Waals surface area contributed by atoms with Crippen LogP contribution in [0.2, 0.25) is 0 Å². The molecule has 1 fully saturated rings. The van der Waals surface area contributed by atoms with E-state index < -0.39 is 0 Å². The SMILES string of the molecule is CCCC1CC(C(=O)Nn2cnc3ccccc32)NN1. The van der Waals surface area contributed by atoms with Crippen LogP contribution in [0.15, 0.2) is 30.6 Å². The molecule has 2 aromatic rings. The van der Waals surface area contributed by atoms with Crippen LogP contribution in [0.5, 0.6) is 0 Å². The Kier molecular flexibility index (Phi) is 3.66. The molecule has 1 aromatic carbocycles. The van der Waals surface area contributed by atoms with Crippen molar-refractivity contribution in [2.75, 3.05) is 5.43 Å². The number of imidazole rings is 1. The zero-order valence-electron chi connectivity index (χ0n) is 11.5. The molecule has 1 aliphatic rings. The molecule has 0 saturated carbocycles. The van der Waals surface area contributed by atoms with Crippen LogP contribution < -0.4 is 16.3 Å². The third-order valence-corrected chi connectivity index (χ3v) is 3.62. The number of rotatable bonds is 4. The van der Waals surface area contributed by atoms with Crippen LogP contribution in [0.25, 0.3) is 11.0 Å². The molecule has 2 heterocycles. The molecule has 3 rings (SSSR count). The highest BCUT2D eigenvalue weighted by molar-refractivity contribution is 5.90. The minimum absolute atomic E-state index is 0.0424. The molecule has 1 aliphatic heterocycles. The standard InChI is InChI=1S/C14H19N5O/c1-2-5-10-8-12(17-16-10)14(20)18-19-9-15-11-6-3-4-7-13(11)19/h3-4,6-7,9-10,12,16-17H,2,5,8H2,1H3,(H,18,20). The first-order valence-electron chi connectivity index (χ1n) is 7.02. The van der Waals surface area contributed by atoms with Crippen LogP contribution in [-0.2, 0) is 4.79 Å². The molecular formula is C14H19N5O. The highest BCUT2D eigenvalue weighted by Gasteiger charge is 2.28. The summed E-state index contributed by atoms with van der Waals surface area (Å²) in [4.78, 5) is 16.5. The van der Waals surface area contributed by atoms with Crippen LogP contribution in [-0.4, -0.2) is 27.7 Å². The van der Waals surface area contributed by atoms with Gasteiger partial charge in [-0.25, -0.2) is 15.1 Å². The van der Waals surface area contributed by atoms with Gasteiger partial charge in [-0.2, -0.15) is 0 Å². The highest BCUT2D eigenvalue weighted by Crippen LogP contribution is 2.13. The van der Waals surface area contributed by atoms with Gasteiger partial charge in [0.2, 0.25) is 0 Å². The Labute approximate surface area is 117 Å². The van der Waals surface area contributed by atoms with Crippen LogP contribution in [0, 0.1) is 0 Å². The lowest BCUT2D eigenvalue weighted by atomic mass is 10.1. The molecule has 2 atom stereocenters. The van der Waals surface area contributed by atoms with Gasteiger partial charge < -0.3 is 0 Å². The summed E-state index contributed by atoms with van der Waals surface area (Å²) < 4.78 is 1.67. The summed E-state index contributed by atoms with van der Waals surface area (Å²) in [5, 5.41) is 0. The third-order valence-electron chi connectivity index (χ3n) is 3.62. The summed E-state index contributed by atoms with van der Waals surface area (Å²) in [6.07, 6.45) is 4.63. The van der Waals surface area contributed by atoms with Crippen LogP contribution >= 0.6 is 0 Å². The van der Waals surface area contributed by atoms with E-state index in [4.69, 9.17) is 0 Å². The molecule has 2 unspecified atom stereocenters. The predicted octanol–water partition coefficient (Wildman–Crippen LogP) is 1.14. The first-order valence-corrected chi connectivity index (χ1v) is 7.02. The first-order chi connectivity index (χ1) is 9.78. The number of benzene rings is 1. The van der Waals surface area contributed by atoms with Gasteiger partial charge in [-0.3, -0.25) is 15.6 Å². The van der Waals surface area contributed by atoms with Crippen LogP contribution in [0.1, 0.15) is 26.2 Å². The highest BCUT2D eigenvalue weighted by atomic mass is 16.2. The Bertz CT molecular complexity index is 608. The zero-order valence-corrected chi connectivity index (χ0v) is 11.5. The van der Waals surface area contributed by atoms with E-state index in [9.17, 15) is 4.79 Å². The molecule has 0 radical (unpaired) electrons. The predicted molar refractivity (Wildman–Crippen MR) is 77.5 cm³/mol. The fourth-order valence-corrected chi connectivity index (χ4v) is 2.58. The molecule has 0 aliphatic carbocycles. The van der Waals surface area contributed by atoms with Crippen molar-refractivity contribution in [2.45, 2.75) is 38.3 Å². The third kappa shape index (κ3) is 2.52. The lowest BCUT2D eigenvalue weighted by Gasteiger charge is -2.11. The van der Waals surface area contributed by atoms with Crippen molar-refractivity contribution in [1.29, 1.82) is 0 Å². The largest absolute Gasteiger partial charge is 0.271 e. The lowest BCUT2D eigenvalue weighted by molar-refractivity contribution is -0.118. The number of aromatic nitrogens is 2. The average Bonchev–Trinajstić information content (AvgIpc) is 3.07. The van der Waals surface area contributed by atoms with Crippen molar-refractivity contribution in [2.24, 2.45) is 0 Å². The van der Waals surface area contributed by atoms with Gasteiger partial charge in [0, 0.05) is 6.04 Å². The molecule has 0 bridgehead atoms. The summed E-state index contributed by atoms with van der Waals surface area (Å²) in [7, 11) is 0.